The van der Waals surface area contributed by atoms with Crippen LogP contribution in [0.3, 0.4) is 0 Å². The molecule has 0 radical (unpaired) electrons. The number of esters is 1. The number of rotatable bonds is 5. The molecule has 0 bridgehead atoms. The Hall–Kier alpha value is -4.57. The molecule has 0 aromatic heterocycles. The summed E-state index contributed by atoms with van der Waals surface area (Å²) in [5.74, 6) is -2.32. The Morgan fingerprint density at radius 2 is 1.64 bits per heavy atom. The second-order valence-corrected chi connectivity index (χ2v) is 11.7. The van der Waals surface area contributed by atoms with Gasteiger partial charge in [-0.15, -0.1) is 0 Å². The normalized spacial score (nSPS) is 23.4. The minimum atomic E-state index is -1.54. The van der Waals surface area contributed by atoms with Crippen LogP contribution in [-0.4, -0.2) is 46.3 Å². The largest absolute Gasteiger partial charge is 0.462 e. The van der Waals surface area contributed by atoms with E-state index in [0.29, 0.717) is 17.7 Å². The Bertz CT molecular complexity index is 1520. The summed E-state index contributed by atoms with van der Waals surface area (Å²) in [7, 11) is 0. The van der Waals surface area contributed by atoms with Gasteiger partial charge in [-0.3, -0.25) is 14.9 Å². The van der Waals surface area contributed by atoms with Crippen molar-refractivity contribution in [3.05, 3.63) is 106 Å². The van der Waals surface area contributed by atoms with Gasteiger partial charge in [0.2, 0.25) is 0 Å². The molecule has 1 aliphatic carbocycles. The highest BCUT2D eigenvalue weighted by Crippen LogP contribution is 2.58. The van der Waals surface area contributed by atoms with Crippen molar-refractivity contribution in [3.63, 3.8) is 0 Å². The van der Waals surface area contributed by atoms with E-state index in [1.165, 1.54) is 24.3 Å². The van der Waals surface area contributed by atoms with Gasteiger partial charge in [0.25, 0.3) is 11.6 Å². The minimum absolute atomic E-state index is 0.0776. The predicted octanol–water partition coefficient (Wildman–Crippen LogP) is 5.53. The lowest BCUT2D eigenvalue weighted by molar-refractivity contribution is -0.384. The van der Waals surface area contributed by atoms with Gasteiger partial charge in [-0.25, -0.2) is 14.5 Å². The predicted molar refractivity (Wildman–Crippen MR) is 153 cm³/mol. The van der Waals surface area contributed by atoms with E-state index in [9.17, 15) is 29.6 Å². The highest BCUT2D eigenvalue weighted by molar-refractivity contribution is 6.22. The number of fused-ring (bicyclic) bond motifs is 2. The standard InChI is InChI=1S/C32H32N2O8/c1-31(2,3)42-30(38)33-25-12-8-7-11-24(25)32(29(33)37)26(35)18-15-22(27(32)20-9-5-4-6-10-20)19-41-28(36)21-13-16-23(17-14-21)34(39)40/h4-14,16-17,22,26-27,35H,15,18-19H2,1-3H3/t22-,26-,27+,32-/m1/s1. The van der Waals surface area contributed by atoms with Gasteiger partial charge in [0.05, 0.1) is 28.9 Å². The van der Waals surface area contributed by atoms with Gasteiger partial charge in [0.15, 0.2) is 0 Å². The number of carbonyl (C=O) groups excluding carboxylic acids is 3. The number of aliphatic hydroxyl groups is 1. The number of non-ortho nitro benzene ring substituents is 1. The summed E-state index contributed by atoms with van der Waals surface area (Å²) in [6.07, 6.45) is -1.29. The van der Waals surface area contributed by atoms with Crippen LogP contribution in [0.4, 0.5) is 16.2 Å². The van der Waals surface area contributed by atoms with E-state index in [1.807, 2.05) is 30.3 Å². The number of benzene rings is 3. The number of ether oxygens (including phenoxy) is 2. The van der Waals surface area contributed by atoms with E-state index in [4.69, 9.17) is 9.47 Å². The lowest BCUT2D eigenvalue weighted by Crippen LogP contribution is -2.58. The van der Waals surface area contributed by atoms with Crippen molar-refractivity contribution >= 4 is 29.3 Å². The second kappa shape index (κ2) is 11.0. The SMILES string of the molecule is CC(C)(C)OC(=O)N1C(=O)[C@]2(c3ccccc31)[C@H](O)CC[C@H](COC(=O)c1ccc([N+](=O)[O-])cc1)[C@@H]2c1ccccc1. The Kier molecular flexibility index (Phi) is 7.59. The zero-order valence-corrected chi connectivity index (χ0v) is 23.6. The fourth-order valence-electron chi connectivity index (χ4n) is 6.25. The molecule has 0 saturated heterocycles. The summed E-state index contributed by atoms with van der Waals surface area (Å²) in [5.41, 5.74) is -0.790. The fraction of sp³-hybridized carbons (Fsp3) is 0.344. The van der Waals surface area contributed by atoms with E-state index < -0.39 is 51.8 Å². The molecule has 1 fully saturated rings. The van der Waals surface area contributed by atoms with E-state index in [0.717, 1.165) is 10.5 Å². The quantitative estimate of drug-likeness (QED) is 0.240. The van der Waals surface area contributed by atoms with Gasteiger partial charge in [0.1, 0.15) is 11.0 Å². The molecule has 2 amide bonds. The Labute approximate surface area is 243 Å². The summed E-state index contributed by atoms with van der Waals surface area (Å²) in [5, 5.41) is 22.7. The number of nitrogens with zero attached hydrogens (tertiary/aromatic N) is 2. The number of amides is 2. The van der Waals surface area contributed by atoms with Crippen molar-refractivity contribution in [1.29, 1.82) is 0 Å². The highest BCUT2D eigenvalue weighted by Gasteiger charge is 2.65. The van der Waals surface area contributed by atoms with Crippen molar-refractivity contribution in [1.82, 2.24) is 0 Å². The summed E-state index contributed by atoms with van der Waals surface area (Å²) in [6.45, 7) is 5.06. The lowest BCUT2D eigenvalue weighted by atomic mass is 9.55. The molecule has 1 heterocycles. The maximum Gasteiger partial charge on any atom is 0.421 e. The maximum absolute atomic E-state index is 14.6. The summed E-state index contributed by atoms with van der Waals surface area (Å²) < 4.78 is 11.3. The second-order valence-electron chi connectivity index (χ2n) is 11.7. The highest BCUT2D eigenvalue weighted by atomic mass is 16.6. The summed E-state index contributed by atoms with van der Waals surface area (Å²) in [4.78, 5) is 52.4. The topological polar surface area (TPSA) is 136 Å². The monoisotopic (exact) mass is 572 g/mol. The summed E-state index contributed by atoms with van der Waals surface area (Å²) in [6, 6.07) is 21.3. The molecule has 3 aromatic rings. The van der Waals surface area contributed by atoms with Crippen LogP contribution in [0.25, 0.3) is 0 Å². The van der Waals surface area contributed by atoms with Crippen molar-refractivity contribution in [2.75, 3.05) is 11.5 Å². The number of para-hydroxylation sites is 1. The number of imide groups is 1. The van der Waals surface area contributed by atoms with Gasteiger partial charge < -0.3 is 14.6 Å². The van der Waals surface area contributed by atoms with Gasteiger partial charge in [-0.05, 0) is 62.9 Å². The Morgan fingerprint density at radius 3 is 2.29 bits per heavy atom. The molecule has 3 aromatic carbocycles. The number of carbonyl (C=O) groups is 3. The first-order chi connectivity index (χ1) is 19.9. The molecule has 1 N–H and O–H groups in total. The molecular formula is C32H32N2O8. The molecule has 10 heteroatoms. The average Bonchev–Trinajstić information content (AvgIpc) is 3.21. The van der Waals surface area contributed by atoms with E-state index >= 15 is 0 Å². The molecule has 0 unspecified atom stereocenters. The van der Waals surface area contributed by atoms with Gasteiger partial charge in [-0.2, -0.15) is 0 Å². The first-order valence-corrected chi connectivity index (χ1v) is 13.8. The van der Waals surface area contributed by atoms with E-state index in [2.05, 4.69) is 0 Å². The van der Waals surface area contributed by atoms with E-state index in [1.54, 1.807) is 45.0 Å². The molecule has 218 valence electrons. The van der Waals surface area contributed by atoms with Crippen LogP contribution in [0.15, 0.2) is 78.9 Å². The minimum Gasteiger partial charge on any atom is -0.462 e. The molecule has 42 heavy (non-hydrogen) atoms. The van der Waals surface area contributed by atoms with Gasteiger partial charge >= 0.3 is 12.1 Å². The van der Waals surface area contributed by atoms with Crippen molar-refractivity contribution in [2.45, 2.75) is 56.7 Å². The molecule has 1 aliphatic heterocycles. The van der Waals surface area contributed by atoms with Crippen LogP contribution in [-0.2, 0) is 19.7 Å². The Morgan fingerprint density at radius 1 is 1.00 bits per heavy atom. The molecule has 4 atom stereocenters. The lowest BCUT2D eigenvalue weighted by Gasteiger charge is -2.48. The van der Waals surface area contributed by atoms with Crippen LogP contribution in [0.2, 0.25) is 0 Å². The third-order valence-corrected chi connectivity index (χ3v) is 7.92. The zero-order valence-electron chi connectivity index (χ0n) is 23.6. The molecule has 2 aliphatic rings. The van der Waals surface area contributed by atoms with Crippen molar-refractivity contribution in [2.24, 2.45) is 5.92 Å². The fourth-order valence-corrected chi connectivity index (χ4v) is 6.25. The molecule has 1 saturated carbocycles. The van der Waals surface area contributed by atoms with Crippen molar-refractivity contribution in [3.8, 4) is 0 Å². The zero-order chi connectivity index (χ0) is 30.2. The van der Waals surface area contributed by atoms with Crippen LogP contribution < -0.4 is 4.90 Å². The number of hydrogen-bond acceptors (Lipinski definition) is 8. The number of nitro groups is 1. The van der Waals surface area contributed by atoms with Gasteiger partial charge in [0, 0.05) is 24.0 Å². The van der Waals surface area contributed by atoms with Crippen LogP contribution in [0, 0.1) is 16.0 Å². The van der Waals surface area contributed by atoms with Crippen LogP contribution in [0.1, 0.15) is 61.0 Å². The number of aliphatic hydroxyl groups excluding tert-OH is 1. The van der Waals surface area contributed by atoms with Crippen LogP contribution in [0.5, 0.6) is 0 Å². The van der Waals surface area contributed by atoms with E-state index in [-0.39, 0.29) is 24.3 Å². The average molecular weight is 573 g/mol. The van der Waals surface area contributed by atoms with Gasteiger partial charge in [-0.1, -0.05) is 48.5 Å². The maximum atomic E-state index is 14.6. The number of nitro benzene ring substituents is 1. The molecular weight excluding hydrogens is 540 g/mol. The Balaban J connectivity index is 1.55. The third kappa shape index (κ3) is 5.02. The molecule has 10 nitrogen and oxygen atoms in total. The number of hydrogen-bond donors (Lipinski definition) is 1. The smallest absolute Gasteiger partial charge is 0.421 e. The third-order valence-electron chi connectivity index (χ3n) is 7.92. The van der Waals surface area contributed by atoms with Crippen LogP contribution >= 0.6 is 0 Å². The molecule has 1 spiro atoms. The summed E-state index contributed by atoms with van der Waals surface area (Å²) >= 11 is 0. The molecule has 5 rings (SSSR count). The van der Waals surface area contributed by atoms with Crippen molar-refractivity contribution < 1.29 is 33.9 Å². The number of anilines is 1. The first kappa shape index (κ1) is 28.9. The first-order valence-electron chi connectivity index (χ1n) is 13.8.